The molecule has 0 saturated carbocycles. The second-order valence-electron chi connectivity index (χ2n) is 6.36. The molecule has 0 aromatic carbocycles. The fourth-order valence-electron chi connectivity index (χ4n) is 2.39. The monoisotopic (exact) mass is 233 g/mol. The van der Waals surface area contributed by atoms with Gasteiger partial charge in [0.2, 0.25) is 0 Å². The summed E-state index contributed by atoms with van der Waals surface area (Å²) in [6, 6.07) is 0. The van der Waals surface area contributed by atoms with E-state index >= 15 is 0 Å². The van der Waals surface area contributed by atoms with Gasteiger partial charge in [0.25, 0.3) is 0 Å². The zero-order valence-electron chi connectivity index (χ0n) is 10.7. The Labute approximate surface area is 102 Å². The number of hydrogen-bond donors (Lipinski definition) is 0. The Morgan fingerprint density at radius 3 is 2.18 bits per heavy atom. The van der Waals surface area contributed by atoms with Gasteiger partial charge in [-0.15, -0.1) is 0 Å². The summed E-state index contributed by atoms with van der Waals surface area (Å²) < 4.78 is 5.27. The van der Waals surface area contributed by atoms with Gasteiger partial charge in [-0.3, -0.25) is 0 Å². The molecular formula is C13H19N3O. The first-order valence-corrected chi connectivity index (χ1v) is 6.14. The van der Waals surface area contributed by atoms with E-state index in [1.165, 1.54) is 0 Å². The maximum atomic E-state index is 5.27. The molecule has 17 heavy (non-hydrogen) atoms. The van der Waals surface area contributed by atoms with Crippen molar-refractivity contribution in [2.45, 2.75) is 26.2 Å². The van der Waals surface area contributed by atoms with Crippen LogP contribution in [-0.4, -0.2) is 36.3 Å². The van der Waals surface area contributed by atoms with Crippen LogP contribution in [0.25, 0.3) is 0 Å². The number of rotatable bonds is 1. The van der Waals surface area contributed by atoms with Crippen molar-refractivity contribution in [3.63, 3.8) is 0 Å². The lowest BCUT2D eigenvalue weighted by Crippen LogP contribution is -2.66. The molecule has 0 radical (unpaired) electrons. The molecule has 2 aliphatic rings. The summed E-state index contributed by atoms with van der Waals surface area (Å²) in [5.41, 5.74) is 1.61. The largest absolute Gasteiger partial charge is 0.380 e. The predicted molar refractivity (Wildman–Crippen MR) is 66.2 cm³/mol. The number of hydrogen-bond acceptors (Lipinski definition) is 4. The summed E-state index contributed by atoms with van der Waals surface area (Å²) in [6.07, 6.45) is 3.89. The van der Waals surface area contributed by atoms with Gasteiger partial charge in [0.05, 0.1) is 36.7 Å². The highest BCUT2D eigenvalue weighted by atomic mass is 16.5. The lowest BCUT2D eigenvalue weighted by Gasteiger charge is -2.55. The van der Waals surface area contributed by atoms with Gasteiger partial charge < -0.3 is 9.64 Å². The summed E-state index contributed by atoms with van der Waals surface area (Å²) >= 11 is 0. The number of ether oxygens (including phenoxy) is 1. The van der Waals surface area contributed by atoms with E-state index in [1.54, 1.807) is 0 Å². The molecule has 3 heterocycles. The summed E-state index contributed by atoms with van der Waals surface area (Å²) in [7, 11) is 0. The van der Waals surface area contributed by atoms with Crippen LogP contribution < -0.4 is 4.90 Å². The van der Waals surface area contributed by atoms with E-state index in [1.807, 2.05) is 12.4 Å². The third-order valence-electron chi connectivity index (χ3n) is 3.54. The van der Waals surface area contributed by atoms with Crippen LogP contribution in [0.1, 0.15) is 26.6 Å². The van der Waals surface area contributed by atoms with E-state index in [4.69, 9.17) is 4.74 Å². The van der Waals surface area contributed by atoms with Gasteiger partial charge in [0, 0.05) is 18.5 Å². The summed E-state index contributed by atoms with van der Waals surface area (Å²) in [6.45, 7) is 10.4. The Morgan fingerprint density at radius 1 is 1.18 bits per heavy atom. The molecule has 0 aliphatic carbocycles. The van der Waals surface area contributed by atoms with Crippen molar-refractivity contribution >= 4 is 5.69 Å². The van der Waals surface area contributed by atoms with Gasteiger partial charge in [-0.25, -0.2) is 9.97 Å². The number of nitrogens with zero attached hydrogens (tertiary/aromatic N) is 3. The van der Waals surface area contributed by atoms with Gasteiger partial charge in [0.15, 0.2) is 0 Å². The van der Waals surface area contributed by atoms with E-state index in [0.29, 0.717) is 5.41 Å². The van der Waals surface area contributed by atoms with Crippen molar-refractivity contribution in [3.05, 3.63) is 18.2 Å². The van der Waals surface area contributed by atoms with Crippen LogP contribution >= 0.6 is 0 Å². The third-order valence-corrected chi connectivity index (χ3v) is 3.54. The Kier molecular flexibility index (Phi) is 2.20. The molecule has 1 aromatic rings. The molecule has 2 fully saturated rings. The highest BCUT2D eigenvalue weighted by Crippen LogP contribution is 2.39. The maximum Gasteiger partial charge on any atom is 0.133 e. The van der Waals surface area contributed by atoms with Crippen LogP contribution in [0.3, 0.4) is 0 Å². The molecule has 4 heteroatoms. The van der Waals surface area contributed by atoms with E-state index in [0.717, 1.165) is 37.8 Å². The topological polar surface area (TPSA) is 38.2 Å². The highest BCUT2D eigenvalue weighted by Gasteiger charge is 2.49. The van der Waals surface area contributed by atoms with E-state index in [-0.39, 0.29) is 5.41 Å². The van der Waals surface area contributed by atoms with Crippen LogP contribution in [0.5, 0.6) is 0 Å². The second-order valence-corrected chi connectivity index (χ2v) is 6.36. The van der Waals surface area contributed by atoms with Crippen molar-refractivity contribution in [1.29, 1.82) is 0 Å². The second kappa shape index (κ2) is 3.42. The average Bonchev–Trinajstić information content (AvgIpc) is 2.12. The smallest absolute Gasteiger partial charge is 0.133 e. The summed E-state index contributed by atoms with van der Waals surface area (Å²) in [5, 5.41) is 0. The first-order chi connectivity index (χ1) is 7.99. The minimum Gasteiger partial charge on any atom is -0.380 e. The van der Waals surface area contributed by atoms with Crippen molar-refractivity contribution < 1.29 is 4.74 Å². The van der Waals surface area contributed by atoms with Gasteiger partial charge in [-0.1, -0.05) is 20.8 Å². The molecule has 0 unspecified atom stereocenters. The van der Waals surface area contributed by atoms with Crippen molar-refractivity contribution in [3.8, 4) is 0 Å². The van der Waals surface area contributed by atoms with Crippen LogP contribution in [0.2, 0.25) is 0 Å². The van der Waals surface area contributed by atoms with Crippen LogP contribution in [0.15, 0.2) is 12.4 Å². The highest BCUT2D eigenvalue weighted by molar-refractivity contribution is 5.47. The molecular weight excluding hydrogens is 214 g/mol. The maximum absolute atomic E-state index is 5.27. The first-order valence-electron chi connectivity index (χ1n) is 6.14. The van der Waals surface area contributed by atoms with Crippen molar-refractivity contribution in [1.82, 2.24) is 9.97 Å². The minimum absolute atomic E-state index is 0.0243. The lowest BCUT2D eigenvalue weighted by atomic mass is 9.78. The lowest BCUT2D eigenvalue weighted by molar-refractivity contribution is -0.127. The zero-order chi connectivity index (χ0) is 12.1. The van der Waals surface area contributed by atoms with Gasteiger partial charge in [-0.2, -0.15) is 0 Å². The summed E-state index contributed by atoms with van der Waals surface area (Å²) in [4.78, 5) is 11.2. The normalized spacial score (nSPS) is 22.2. The van der Waals surface area contributed by atoms with E-state index in [2.05, 4.69) is 35.6 Å². The van der Waals surface area contributed by atoms with Crippen LogP contribution in [0, 0.1) is 5.41 Å². The molecule has 3 rings (SSSR count). The predicted octanol–water partition coefficient (Wildman–Crippen LogP) is 1.61. The molecule has 0 atom stereocenters. The summed E-state index contributed by atoms with van der Waals surface area (Å²) in [5.74, 6) is 0.906. The molecule has 1 aromatic heterocycles. The zero-order valence-corrected chi connectivity index (χ0v) is 10.7. The fourth-order valence-corrected chi connectivity index (χ4v) is 2.39. The van der Waals surface area contributed by atoms with Crippen LogP contribution in [0.4, 0.5) is 5.69 Å². The molecule has 0 amide bonds. The van der Waals surface area contributed by atoms with E-state index in [9.17, 15) is 0 Å². The molecule has 2 aliphatic heterocycles. The standard InChI is InChI=1S/C13H19N3O/c1-12(2,3)11-14-4-10(5-15-11)16-6-13(7-16)8-17-9-13/h4-5H,6-9H2,1-3H3. The average molecular weight is 233 g/mol. The molecule has 92 valence electrons. The third kappa shape index (κ3) is 1.80. The SMILES string of the molecule is CC(C)(C)c1ncc(N2CC3(COC3)C2)cn1. The Morgan fingerprint density at radius 2 is 1.76 bits per heavy atom. The molecule has 2 saturated heterocycles. The number of aromatic nitrogens is 2. The Bertz CT molecular complexity index is 409. The van der Waals surface area contributed by atoms with Crippen molar-refractivity contribution in [2.24, 2.45) is 5.41 Å². The molecule has 4 nitrogen and oxygen atoms in total. The van der Waals surface area contributed by atoms with Crippen molar-refractivity contribution in [2.75, 3.05) is 31.2 Å². The molecule has 1 spiro atoms. The molecule has 0 bridgehead atoms. The molecule has 0 N–H and O–H groups in total. The fraction of sp³-hybridized carbons (Fsp3) is 0.692. The van der Waals surface area contributed by atoms with Crippen LogP contribution in [-0.2, 0) is 10.2 Å². The Hall–Kier alpha value is -1.16. The van der Waals surface area contributed by atoms with Gasteiger partial charge in [0.1, 0.15) is 5.82 Å². The minimum atomic E-state index is 0.0243. The Balaban J connectivity index is 1.69. The van der Waals surface area contributed by atoms with E-state index < -0.39 is 0 Å². The van der Waals surface area contributed by atoms with Gasteiger partial charge in [-0.05, 0) is 0 Å². The quantitative estimate of drug-likeness (QED) is 0.738. The van der Waals surface area contributed by atoms with Gasteiger partial charge >= 0.3 is 0 Å². The first kappa shape index (κ1) is 11.0. The number of anilines is 1.